The monoisotopic (exact) mass is 341 g/mol. The molecular formula is C16H19N7O2. The summed E-state index contributed by atoms with van der Waals surface area (Å²) in [5, 5.41) is 13.4. The van der Waals surface area contributed by atoms with E-state index in [2.05, 4.69) is 30.9 Å². The maximum atomic E-state index is 12.0. The van der Waals surface area contributed by atoms with Crippen molar-refractivity contribution < 1.29 is 9.32 Å². The average Bonchev–Trinajstić information content (AvgIpc) is 3.23. The van der Waals surface area contributed by atoms with Crippen molar-refractivity contribution in [3.05, 3.63) is 59.8 Å². The Bertz CT molecular complexity index is 828. The van der Waals surface area contributed by atoms with E-state index in [-0.39, 0.29) is 18.6 Å². The zero-order valence-electron chi connectivity index (χ0n) is 14.0. The quantitative estimate of drug-likeness (QED) is 0.700. The van der Waals surface area contributed by atoms with Gasteiger partial charge in [0.1, 0.15) is 12.2 Å². The lowest BCUT2D eigenvalue weighted by Gasteiger charge is -2.10. The molecule has 2 N–H and O–H groups in total. The average molecular weight is 341 g/mol. The Morgan fingerprint density at radius 1 is 1.32 bits per heavy atom. The molecule has 25 heavy (non-hydrogen) atoms. The number of carbonyl (C=O) groups excluding carboxylic acids is 1. The van der Waals surface area contributed by atoms with Gasteiger partial charge in [-0.05, 0) is 12.5 Å². The number of urea groups is 1. The number of hydrogen-bond donors (Lipinski definition) is 2. The smallest absolute Gasteiger partial charge is 0.315 e. The first-order valence-electron chi connectivity index (χ1n) is 7.85. The van der Waals surface area contributed by atoms with Crippen molar-refractivity contribution in [2.75, 3.05) is 0 Å². The van der Waals surface area contributed by atoms with Gasteiger partial charge in [-0.1, -0.05) is 35.5 Å². The summed E-state index contributed by atoms with van der Waals surface area (Å²) in [6, 6.07) is 9.12. The molecule has 0 unspecified atom stereocenters. The minimum absolute atomic E-state index is 0.278. The van der Waals surface area contributed by atoms with Crippen LogP contribution in [0.4, 0.5) is 4.79 Å². The van der Waals surface area contributed by atoms with Crippen molar-refractivity contribution in [3.8, 4) is 0 Å². The van der Waals surface area contributed by atoms with Crippen LogP contribution in [0.2, 0.25) is 0 Å². The molecule has 1 aromatic carbocycles. The predicted octanol–water partition coefficient (Wildman–Crippen LogP) is 1.35. The molecular weight excluding hydrogens is 322 g/mol. The summed E-state index contributed by atoms with van der Waals surface area (Å²) in [5.74, 6) is 1.60. The molecule has 9 nitrogen and oxygen atoms in total. The summed E-state index contributed by atoms with van der Waals surface area (Å²) in [6.45, 7) is 2.07. The van der Waals surface area contributed by atoms with E-state index in [0.717, 1.165) is 5.56 Å². The SMILES string of the molecule is C[C@@H](NC(=O)NCc1ncnn1C)c1noc(Cc2ccccc2)n1. The van der Waals surface area contributed by atoms with Crippen LogP contribution >= 0.6 is 0 Å². The third-order valence-corrected chi connectivity index (χ3v) is 3.63. The molecule has 2 aromatic heterocycles. The van der Waals surface area contributed by atoms with Crippen molar-refractivity contribution in [3.63, 3.8) is 0 Å². The van der Waals surface area contributed by atoms with Crippen LogP contribution in [0.15, 0.2) is 41.2 Å². The number of carbonyl (C=O) groups is 1. The molecule has 9 heteroatoms. The lowest BCUT2D eigenvalue weighted by Crippen LogP contribution is -2.37. The molecule has 3 rings (SSSR count). The van der Waals surface area contributed by atoms with Gasteiger partial charge in [-0.3, -0.25) is 4.68 Å². The van der Waals surface area contributed by atoms with E-state index in [4.69, 9.17) is 4.52 Å². The first-order valence-corrected chi connectivity index (χ1v) is 7.85. The van der Waals surface area contributed by atoms with Crippen molar-refractivity contribution in [2.45, 2.75) is 25.9 Å². The van der Waals surface area contributed by atoms with Gasteiger partial charge < -0.3 is 15.2 Å². The number of nitrogens with zero attached hydrogens (tertiary/aromatic N) is 5. The maximum Gasteiger partial charge on any atom is 0.315 e. The highest BCUT2D eigenvalue weighted by atomic mass is 16.5. The second kappa shape index (κ2) is 7.56. The summed E-state index contributed by atoms with van der Waals surface area (Å²) < 4.78 is 6.85. The number of nitrogens with one attached hydrogen (secondary N) is 2. The fraction of sp³-hybridized carbons (Fsp3) is 0.312. The number of aryl methyl sites for hydroxylation is 1. The molecule has 0 bridgehead atoms. The molecule has 0 fully saturated rings. The lowest BCUT2D eigenvalue weighted by atomic mass is 10.1. The van der Waals surface area contributed by atoms with Crippen LogP contribution in [0.5, 0.6) is 0 Å². The third kappa shape index (κ3) is 4.40. The largest absolute Gasteiger partial charge is 0.339 e. The molecule has 0 aliphatic heterocycles. The summed E-state index contributed by atoms with van der Waals surface area (Å²) in [6.07, 6.45) is 1.99. The van der Waals surface area contributed by atoms with E-state index in [0.29, 0.717) is 24.0 Å². The van der Waals surface area contributed by atoms with Gasteiger partial charge in [0, 0.05) is 7.05 Å². The molecule has 2 heterocycles. The molecule has 0 aliphatic carbocycles. The number of hydrogen-bond acceptors (Lipinski definition) is 6. The molecule has 0 spiro atoms. The van der Waals surface area contributed by atoms with Crippen molar-refractivity contribution in [2.24, 2.45) is 7.05 Å². The minimum atomic E-state index is -0.382. The Morgan fingerprint density at radius 3 is 2.84 bits per heavy atom. The van der Waals surface area contributed by atoms with Gasteiger partial charge in [-0.25, -0.2) is 9.78 Å². The van der Waals surface area contributed by atoms with Crippen LogP contribution in [-0.4, -0.2) is 30.9 Å². The molecule has 1 atom stereocenters. The Kier molecular flexibility index (Phi) is 5.03. The molecule has 0 aliphatic rings. The standard InChI is InChI=1S/C16H19N7O2/c1-11(20-16(24)17-9-13-18-10-19-23(13)2)15-21-14(25-22-15)8-12-6-4-3-5-7-12/h3-7,10-11H,8-9H2,1-2H3,(H2,17,20,24)/t11-/m1/s1. The topological polar surface area (TPSA) is 111 Å². The van der Waals surface area contributed by atoms with Crippen LogP contribution < -0.4 is 10.6 Å². The lowest BCUT2D eigenvalue weighted by molar-refractivity contribution is 0.236. The van der Waals surface area contributed by atoms with Crippen LogP contribution in [0.1, 0.15) is 36.1 Å². The molecule has 0 radical (unpaired) electrons. The zero-order chi connectivity index (χ0) is 17.6. The van der Waals surface area contributed by atoms with E-state index in [9.17, 15) is 4.79 Å². The van der Waals surface area contributed by atoms with E-state index in [1.807, 2.05) is 30.3 Å². The third-order valence-electron chi connectivity index (χ3n) is 3.63. The van der Waals surface area contributed by atoms with E-state index in [1.165, 1.54) is 6.33 Å². The normalized spacial score (nSPS) is 11.9. The van der Waals surface area contributed by atoms with Gasteiger partial charge in [0.25, 0.3) is 0 Å². The van der Waals surface area contributed by atoms with Crippen LogP contribution in [0, 0.1) is 0 Å². The van der Waals surface area contributed by atoms with Gasteiger partial charge >= 0.3 is 6.03 Å². The second-order valence-corrected chi connectivity index (χ2v) is 5.56. The first kappa shape index (κ1) is 16.6. The van der Waals surface area contributed by atoms with Gasteiger partial charge in [-0.15, -0.1) is 0 Å². The van der Waals surface area contributed by atoms with E-state index in [1.54, 1.807) is 18.7 Å². The van der Waals surface area contributed by atoms with Crippen LogP contribution in [0.3, 0.4) is 0 Å². The van der Waals surface area contributed by atoms with Crippen LogP contribution in [0.25, 0.3) is 0 Å². The minimum Gasteiger partial charge on any atom is -0.339 e. The second-order valence-electron chi connectivity index (χ2n) is 5.56. The fourth-order valence-corrected chi connectivity index (χ4v) is 2.24. The first-order chi connectivity index (χ1) is 12.1. The van der Waals surface area contributed by atoms with Gasteiger partial charge in [-0.2, -0.15) is 10.1 Å². The number of aromatic nitrogens is 5. The van der Waals surface area contributed by atoms with Crippen LogP contribution in [-0.2, 0) is 20.0 Å². The molecule has 130 valence electrons. The van der Waals surface area contributed by atoms with Gasteiger partial charge in [0.2, 0.25) is 5.89 Å². The Morgan fingerprint density at radius 2 is 2.12 bits per heavy atom. The molecule has 0 saturated carbocycles. The zero-order valence-corrected chi connectivity index (χ0v) is 14.0. The summed E-state index contributed by atoms with van der Waals surface area (Å²) in [7, 11) is 1.76. The van der Waals surface area contributed by atoms with Crippen molar-refractivity contribution >= 4 is 6.03 Å². The number of benzene rings is 1. The van der Waals surface area contributed by atoms with Crippen molar-refractivity contribution in [1.29, 1.82) is 0 Å². The number of rotatable bonds is 6. The molecule has 2 amide bonds. The Balaban J connectivity index is 1.52. The van der Waals surface area contributed by atoms with E-state index >= 15 is 0 Å². The Hall–Kier alpha value is -3.23. The molecule has 3 aromatic rings. The summed E-state index contributed by atoms with van der Waals surface area (Å²) >= 11 is 0. The van der Waals surface area contributed by atoms with Gasteiger partial charge in [0.15, 0.2) is 5.82 Å². The fourth-order valence-electron chi connectivity index (χ4n) is 2.24. The maximum absolute atomic E-state index is 12.0. The Labute approximate surface area is 144 Å². The predicted molar refractivity (Wildman–Crippen MR) is 88.3 cm³/mol. The highest BCUT2D eigenvalue weighted by Crippen LogP contribution is 2.11. The summed E-state index contributed by atoms with van der Waals surface area (Å²) in [4.78, 5) is 20.3. The van der Waals surface area contributed by atoms with E-state index < -0.39 is 0 Å². The highest BCUT2D eigenvalue weighted by Gasteiger charge is 2.16. The van der Waals surface area contributed by atoms with Crippen molar-refractivity contribution in [1.82, 2.24) is 35.5 Å². The molecule has 0 saturated heterocycles. The van der Waals surface area contributed by atoms with Gasteiger partial charge in [0.05, 0.1) is 19.0 Å². The highest BCUT2D eigenvalue weighted by molar-refractivity contribution is 5.74. The number of amides is 2. The summed E-state index contributed by atoms with van der Waals surface area (Å²) in [5.41, 5.74) is 1.08.